The summed E-state index contributed by atoms with van der Waals surface area (Å²) >= 11 is 0. The van der Waals surface area contributed by atoms with Crippen molar-refractivity contribution in [3.05, 3.63) is 23.8 Å². The number of nitriles is 1. The van der Waals surface area contributed by atoms with Gasteiger partial charge < -0.3 is 9.84 Å². The largest absolute Gasteiger partial charge is 0.504 e. The number of carbonyl (C=O) groups is 1. The van der Waals surface area contributed by atoms with Crippen LogP contribution in [0.4, 0.5) is 0 Å². The quantitative estimate of drug-likeness (QED) is 0.724. The zero-order chi connectivity index (χ0) is 10.6. The van der Waals surface area contributed by atoms with Gasteiger partial charge in [0.15, 0.2) is 11.5 Å². The molecule has 0 saturated carbocycles. The standard InChI is InChI=1S/C10H9NO3/c1-14-10-5-7(2-3-9(10)13)4-8(12)6-11/h2-3,5,13H,4H2,1H3. The Bertz CT molecular complexity index is 393. The summed E-state index contributed by atoms with van der Waals surface area (Å²) in [5.41, 5.74) is 0.645. The molecule has 4 nitrogen and oxygen atoms in total. The fourth-order valence-electron chi connectivity index (χ4n) is 1.06. The second kappa shape index (κ2) is 4.28. The maximum atomic E-state index is 10.8. The van der Waals surface area contributed by atoms with Gasteiger partial charge in [-0.15, -0.1) is 0 Å². The van der Waals surface area contributed by atoms with Crippen molar-refractivity contribution in [2.75, 3.05) is 7.11 Å². The number of aromatic hydroxyl groups is 1. The summed E-state index contributed by atoms with van der Waals surface area (Å²) in [5.74, 6) is -0.202. The monoisotopic (exact) mass is 191 g/mol. The van der Waals surface area contributed by atoms with E-state index in [0.29, 0.717) is 11.3 Å². The van der Waals surface area contributed by atoms with Gasteiger partial charge in [0.05, 0.1) is 7.11 Å². The minimum Gasteiger partial charge on any atom is -0.504 e. The molecular formula is C10H9NO3. The molecular weight excluding hydrogens is 182 g/mol. The zero-order valence-corrected chi connectivity index (χ0v) is 7.65. The number of ether oxygens (including phenoxy) is 1. The predicted molar refractivity (Wildman–Crippen MR) is 49.0 cm³/mol. The van der Waals surface area contributed by atoms with E-state index in [2.05, 4.69) is 0 Å². The van der Waals surface area contributed by atoms with Crippen LogP contribution < -0.4 is 4.74 Å². The Morgan fingerprint density at radius 1 is 1.64 bits per heavy atom. The molecule has 14 heavy (non-hydrogen) atoms. The molecule has 4 heteroatoms. The van der Waals surface area contributed by atoms with Crippen molar-refractivity contribution in [2.24, 2.45) is 0 Å². The Morgan fingerprint density at radius 3 is 2.93 bits per heavy atom. The summed E-state index contributed by atoms with van der Waals surface area (Å²) in [6, 6.07) is 6.06. The molecule has 0 aromatic heterocycles. The number of ketones is 1. The summed E-state index contributed by atoms with van der Waals surface area (Å²) in [4.78, 5) is 10.8. The number of hydrogen-bond acceptors (Lipinski definition) is 4. The topological polar surface area (TPSA) is 70.3 Å². The van der Waals surface area contributed by atoms with E-state index in [1.54, 1.807) is 6.07 Å². The first kappa shape index (κ1) is 10.1. The van der Waals surface area contributed by atoms with Crippen molar-refractivity contribution < 1.29 is 14.6 Å². The average Bonchev–Trinajstić information content (AvgIpc) is 2.20. The maximum absolute atomic E-state index is 10.8. The molecule has 0 radical (unpaired) electrons. The smallest absolute Gasteiger partial charge is 0.236 e. The lowest BCUT2D eigenvalue weighted by Crippen LogP contribution is -1.98. The minimum atomic E-state index is -0.516. The lowest BCUT2D eigenvalue weighted by Gasteiger charge is -2.04. The second-order valence-electron chi connectivity index (χ2n) is 2.72. The van der Waals surface area contributed by atoms with E-state index < -0.39 is 5.78 Å². The van der Waals surface area contributed by atoms with Gasteiger partial charge in [-0.2, -0.15) is 5.26 Å². The summed E-state index contributed by atoms with van der Waals surface area (Å²) in [6.45, 7) is 0. The zero-order valence-electron chi connectivity index (χ0n) is 7.65. The van der Waals surface area contributed by atoms with Gasteiger partial charge in [-0.05, 0) is 17.7 Å². The van der Waals surface area contributed by atoms with Gasteiger partial charge in [0.2, 0.25) is 5.78 Å². The molecule has 0 aliphatic carbocycles. The van der Waals surface area contributed by atoms with Crippen LogP contribution >= 0.6 is 0 Å². The van der Waals surface area contributed by atoms with Crippen molar-refractivity contribution in [3.63, 3.8) is 0 Å². The lowest BCUT2D eigenvalue weighted by atomic mass is 10.1. The van der Waals surface area contributed by atoms with Crippen LogP contribution in [-0.4, -0.2) is 18.0 Å². The van der Waals surface area contributed by atoms with Crippen molar-refractivity contribution in [1.82, 2.24) is 0 Å². The number of phenols is 1. The molecule has 0 heterocycles. The summed E-state index contributed by atoms with van der Waals surface area (Å²) in [7, 11) is 1.42. The minimum absolute atomic E-state index is 0.0145. The maximum Gasteiger partial charge on any atom is 0.236 e. The fourth-order valence-corrected chi connectivity index (χ4v) is 1.06. The molecule has 1 aromatic carbocycles. The van der Waals surface area contributed by atoms with E-state index in [0.717, 1.165) is 0 Å². The van der Waals surface area contributed by atoms with Gasteiger partial charge in [0, 0.05) is 6.42 Å². The van der Waals surface area contributed by atoms with E-state index >= 15 is 0 Å². The predicted octanol–water partition coefficient (Wildman–Crippen LogP) is 1.04. The average molecular weight is 191 g/mol. The van der Waals surface area contributed by atoms with Crippen molar-refractivity contribution in [2.45, 2.75) is 6.42 Å². The Hall–Kier alpha value is -2.02. The first-order valence-corrected chi connectivity index (χ1v) is 3.96. The number of benzene rings is 1. The SMILES string of the molecule is COc1cc(CC(=O)C#N)ccc1O. The molecule has 0 spiro atoms. The highest BCUT2D eigenvalue weighted by Gasteiger charge is 2.06. The van der Waals surface area contributed by atoms with E-state index in [-0.39, 0.29) is 12.2 Å². The van der Waals surface area contributed by atoms with Crippen LogP contribution in [0.25, 0.3) is 0 Å². The molecule has 0 aliphatic rings. The summed E-state index contributed by atoms with van der Waals surface area (Å²) in [6.07, 6.45) is 0.0349. The Labute approximate surface area is 81.4 Å². The molecule has 0 aliphatic heterocycles. The normalized spacial score (nSPS) is 9.14. The lowest BCUT2D eigenvalue weighted by molar-refractivity contribution is -0.113. The molecule has 72 valence electrons. The number of methoxy groups -OCH3 is 1. The van der Waals surface area contributed by atoms with Gasteiger partial charge in [-0.1, -0.05) is 6.07 Å². The van der Waals surface area contributed by atoms with Crippen molar-refractivity contribution in [3.8, 4) is 17.6 Å². The number of rotatable bonds is 3. The first-order chi connectivity index (χ1) is 6.67. The van der Waals surface area contributed by atoms with Gasteiger partial charge in [-0.25, -0.2) is 0 Å². The second-order valence-corrected chi connectivity index (χ2v) is 2.72. The molecule has 1 N–H and O–H groups in total. The van der Waals surface area contributed by atoms with Gasteiger partial charge in [0.25, 0.3) is 0 Å². The fraction of sp³-hybridized carbons (Fsp3) is 0.200. The third-order valence-corrected chi connectivity index (χ3v) is 1.73. The van der Waals surface area contributed by atoms with Crippen molar-refractivity contribution in [1.29, 1.82) is 5.26 Å². The van der Waals surface area contributed by atoms with Crippen LogP contribution in [0.2, 0.25) is 0 Å². The Kier molecular flexibility index (Phi) is 3.08. The van der Waals surface area contributed by atoms with Gasteiger partial charge in [-0.3, -0.25) is 4.79 Å². The summed E-state index contributed by atoms with van der Waals surface area (Å²) < 4.78 is 4.86. The molecule has 0 atom stereocenters. The molecule has 0 bridgehead atoms. The van der Waals surface area contributed by atoms with Crippen LogP contribution in [0.3, 0.4) is 0 Å². The van der Waals surface area contributed by atoms with Crippen LogP contribution in [-0.2, 0) is 11.2 Å². The van der Waals surface area contributed by atoms with E-state index in [9.17, 15) is 9.90 Å². The first-order valence-electron chi connectivity index (χ1n) is 3.96. The Morgan fingerprint density at radius 2 is 2.36 bits per heavy atom. The number of Topliss-reactive ketones (excluding diaryl/α,β-unsaturated/α-hetero) is 1. The van der Waals surface area contributed by atoms with Crippen molar-refractivity contribution >= 4 is 5.78 Å². The Balaban J connectivity index is 2.91. The molecule has 1 rings (SSSR count). The van der Waals surface area contributed by atoms with Crippen LogP contribution in [0.1, 0.15) is 5.56 Å². The van der Waals surface area contributed by atoms with Gasteiger partial charge >= 0.3 is 0 Å². The van der Waals surface area contributed by atoms with E-state index in [1.807, 2.05) is 0 Å². The molecule has 1 aromatic rings. The third kappa shape index (κ3) is 2.23. The third-order valence-electron chi connectivity index (χ3n) is 1.73. The number of carbonyl (C=O) groups excluding carboxylic acids is 1. The van der Waals surface area contributed by atoms with Crippen LogP contribution in [0.15, 0.2) is 18.2 Å². The number of phenolic OH excluding ortho intramolecular Hbond substituents is 1. The van der Waals surface area contributed by atoms with E-state index in [4.69, 9.17) is 10.00 Å². The molecule has 0 saturated heterocycles. The summed E-state index contributed by atoms with van der Waals surface area (Å²) in [5, 5.41) is 17.5. The van der Waals surface area contributed by atoms with E-state index in [1.165, 1.54) is 25.3 Å². The highest BCUT2D eigenvalue weighted by molar-refractivity contribution is 5.94. The highest BCUT2D eigenvalue weighted by Crippen LogP contribution is 2.26. The highest BCUT2D eigenvalue weighted by atomic mass is 16.5. The van der Waals surface area contributed by atoms with Gasteiger partial charge in [0.1, 0.15) is 6.07 Å². The number of hydrogen-bond donors (Lipinski definition) is 1. The molecule has 0 fully saturated rings. The van der Waals surface area contributed by atoms with Crippen LogP contribution in [0.5, 0.6) is 11.5 Å². The van der Waals surface area contributed by atoms with Crippen LogP contribution in [0, 0.1) is 11.3 Å². The number of nitrogens with zero attached hydrogens (tertiary/aromatic N) is 1. The molecule has 0 unspecified atom stereocenters. The molecule has 0 amide bonds.